The first-order valence-electron chi connectivity index (χ1n) is 10.3. The van der Waals surface area contributed by atoms with Crippen LogP contribution >= 0.6 is 0 Å². The van der Waals surface area contributed by atoms with Crippen LogP contribution in [0.3, 0.4) is 0 Å². The summed E-state index contributed by atoms with van der Waals surface area (Å²) >= 11 is 0. The quantitative estimate of drug-likeness (QED) is 0.298. The molecule has 24 heavy (non-hydrogen) atoms. The van der Waals surface area contributed by atoms with E-state index in [2.05, 4.69) is 24.4 Å². The fraction of sp³-hybridized carbons (Fsp3) is 0.810. The number of aliphatic hydroxyl groups is 1. The third-order valence-electron chi connectivity index (χ3n) is 4.82. The predicted molar refractivity (Wildman–Crippen MR) is 104 cm³/mol. The lowest BCUT2D eigenvalue weighted by molar-refractivity contribution is 0.0254. The van der Waals surface area contributed by atoms with E-state index < -0.39 is 6.23 Å². The minimum absolute atomic E-state index is 0.283. The maximum Gasteiger partial charge on any atom is 0.125 e. The third kappa shape index (κ3) is 10.0. The maximum absolute atomic E-state index is 9.67. The molecule has 140 valence electrons. The number of nitrogens with zero attached hydrogens (tertiary/aromatic N) is 1. The minimum Gasteiger partial charge on any atom is -0.374 e. The smallest absolute Gasteiger partial charge is 0.125 e. The Hall–Kier alpha value is -0.960. The van der Waals surface area contributed by atoms with E-state index >= 15 is 0 Å². The number of allylic oxidation sites excluding steroid dienone is 2. The van der Waals surface area contributed by atoms with Gasteiger partial charge >= 0.3 is 0 Å². The summed E-state index contributed by atoms with van der Waals surface area (Å²) in [6.07, 6.45) is 25.6. The average Bonchev–Trinajstić information content (AvgIpc) is 3.04. The van der Waals surface area contributed by atoms with E-state index in [0.717, 1.165) is 6.42 Å². The van der Waals surface area contributed by atoms with Gasteiger partial charge in [0.15, 0.2) is 0 Å². The normalized spacial score (nSPS) is 18.5. The van der Waals surface area contributed by atoms with Crippen LogP contribution in [0, 0.1) is 0 Å². The molecule has 3 heteroatoms. The van der Waals surface area contributed by atoms with E-state index in [1.165, 1.54) is 77.0 Å². The summed E-state index contributed by atoms with van der Waals surface area (Å²) < 4.78 is 0. The monoisotopic (exact) mass is 336 g/mol. The first kappa shape index (κ1) is 21.1. The molecule has 0 radical (unpaired) electrons. The summed E-state index contributed by atoms with van der Waals surface area (Å²) in [5, 5.41) is 13.0. The molecule has 0 bridgehead atoms. The van der Waals surface area contributed by atoms with Gasteiger partial charge in [-0.05, 0) is 45.4 Å². The van der Waals surface area contributed by atoms with Gasteiger partial charge in [0.25, 0.3) is 0 Å². The Morgan fingerprint density at radius 2 is 1.54 bits per heavy atom. The van der Waals surface area contributed by atoms with Crippen molar-refractivity contribution in [2.45, 2.75) is 110 Å². The van der Waals surface area contributed by atoms with Crippen LogP contribution in [0.15, 0.2) is 24.6 Å². The van der Waals surface area contributed by atoms with Crippen molar-refractivity contribution in [3.05, 3.63) is 24.6 Å². The Morgan fingerprint density at radius 3 is 2.17 bits per heavy atom. The van der Waals surface area contributed by atoms with Crippen molar-refractivity contribution in [2.24, 2.45) is 0 Å². The molecule has 1 aliphatic rings. The second-order valence-electron chi connectivity index (χ2n) is 7.10. The molecule has 1 aliphatic heterocycles. The van der Waals surface area contributed by atoms with E-state index in [0.29, 0.717) is 0 Å². The van der Waals surface area contributed by atoms with Crippen LogP contribution in [0.5, 0.6) is 0 Å². The lowest BCUT2D eigenvalue weighted by Gasteiger charge is -2.28. The summed E-state index contributed by atoms with van der Waals surface area (Å²) in [6, 6.07) is 0. The summed E-state index contributed by atoms with van der Waals surface area (Å²) in [5.74, 6) is 0. The standard InChI is InChI=1S/C21H40N2O/c1-3-4-5-6-7-8-9-10-11-12-13-14-15-16-17-21-22-18-19-23(21)20(2)24/h9-10,18-22,24H,3-8,11-17H2,1-2H3/b10-9+. The molecule has 2 atom stereocenters. The molecule has 1 heterocycles. The lowest BCUT2D eigenvalue weighted by atomic mass is 10.1. The van der Waals surface area contributed by atoms with Crippen LogP contribution in [-0.4, -0.2) is 22.4 Å². The van der Waals surface area contributed by atoms with Gasteiger partial charge in [0.05, 0.1) is 0 Å². The van der Waals surface area contributed by atoms with Gasteiger partial charge in [0.2, 0.25) is 0 Å². The zero-order valence-corrected chi connectivity index (χ0v) is 16.1. The second-order valence-corrected chi connectivity index (χ2v) is 7.10. The van der Waals surface area contributed by atoms with Crippen LogP contribution in [0.2, 0.25) is 0 Å². The number of unbranched alkanes of at least 4 members (excludes halogenated alkanes) is 10. The highest BCUT2D eigenvalue weighted by atomic mass is 16.3. The van der Waals surface area contributed by atoms with Gasteiger partial charge < -0.3 is 15.3 Å². The van der Waals surface area contributed by atoms with Gasteiger partial charge in [0.1, 0.15) is 12.4 Å². The van der Waals surface area contributed by atoms with Crippen molar-refractivity contribution in [1.82, 2.24) is 10.2 Å². The van der Waals surface area contributed by atoms with E-state index in [4.69, 9.17) is 0 Å². The number of hydrogen-bond donors (Lipinski definition) is 2. The summed E-state index contributed by atoms with van der Waals surface area (Å²) in [7, 11) is 0. The Kier molecular flexibility index (Phi) is 12.6. The number of aliphatic hydroxyl groups excluding tert-OH is 1. The van der Waals surface area contributed by atoms with Crippen molar-refractivity contribution >= 4 is 0 Å². The van der Waals surface area contributed by atoms with E-state index in [1.807, 2.05) is 24.2 Å². The molecule has 0 aliphatic carbocycles. The molecule has 0 saturated heterocycles. The first-order chi connectivity index (χ1) is 11.8. The van der Waals surface area contributed by atoms with E-state index in [9.17, 15) is 5.11 Å². The Balaban J connectivity index is 1.84. The van der Waals surface area contributed by atoms with Crippen LogP contribution in [0.1, 0.15) is 97.3 Å². The van der Waals surface area contributed by atoms with Crippen LogP contribution in [0.4, 0.5) is 0 Å². The number of hydrogen-bond acceptors (Lipinski definition) is 3. The molecule has 0 aromatic carbocycles. The van der Waals surface area contributed by atoms with Crippen molar-refractivity contribution in [2.75, 3.05) is 0 Å². The Morgan fingerprint density at radius 1 is 0.958 bits per heavy atom. The molecule has 2 N–H and O–H groups in total. The SMILES string of the molecule is CCCCCCC/C=C/CCCCCCCC1NC=CN1C(C)O. The van der Waals surface area contributed by atoms with Gasteiger partial charge in [-0.3, -0.25) is 0 Å². The predicted octanol–water partition coefficient (Wildman–Crippen LogP) is 5.67. The zero-order valence-electron chi connectivity index (χ0n) is 16.1. The average molecular weight is 337 g/mol. The molecule has 0 saturated carbocycles. The van der Waals surface area contributed by atoms with Gasteiger partial charge in [-0.15, -0.1) is 0 Å². The summed E-state index contributed by atoms with van der Waals surface area (Å²) in [4.78, 5) is 1.99. The highest BCUT2D eigenvalue weighted by molar-refractivity contribution is 4.94. The Bertz CT molecular complexity index is 339. The second kappa shape index (κ2) is 14.4. The van der Waals surface area contributed by atoms with Crippen molar-refractivity contribution in [1.29, 1.82) is 0 Å². The topological polar surface area (TPSA) is 35.5 Å². The van der Waals surface area contributed by atoms with Gasteiger partial charge in [-0.1, -0.05) is 64.0 Å². The first-order valence-corrected chi connectivity index (χ1v) is 10.3. The highest BCUT2D eigenvalue weighted by Gasteiger charge is 2.20. The molecular formula is C21H40N2O. The lowest BCUT2D eigenvalue weighted by Crippen LogP contribution is -2.40. The molecule has 0 spiro atoms. The van der Waals surface area contributed by atoms with Crippen molar-refractivity contribution in [3.63, 3.8) is 0 Å². The molecule has 0 aromatic rings. The fourth-order valence-corrected chi connectivity index (χ4v) is 3.28. The summed E-state index contributed by atoms with van der Waals surface area (Å²) in [6.45, 7) is 4.09. The van der Waals surface area contributed by atoms with Crippen molar-refractivity contribution in [3.8, 4) is 0 Å². The highest BCUT2D eigenvalue weighted by Crippen LogP contribution is 2.16. The maximum atomic E-state index is 9.67. The largest absolute Gasteiger partial charge is 0.374 e. The van der Waals surface area contributed by atoms with E-state index in [1.54, 1.807) is 0 Å². The Labute approximate surface area is 150 Å². The van der Waals surface area contributed by atoms with Crippen LogP contribution in [0.25, 0.3) is 0 Å². The van der Waals surface area contributed by atoms with Gasteiger partial charge in [-0.2, -0.15) is 0 Å². The van der Waals surface area contributed by atoms with Crippen molar-refractivity contribution < 1.29 is 5.11 Å². The third-order valence-corrected chi connectivity index (χ3v) is 4.82. The van der Waals surface area contributed by atoms with Gasteiger partial charge in [-0.25, -0.2) is 0 Å². The molecule has 1 rings (SSSR count). The molecular weight excluding hydrogens is 296 g/mol. The fourth-order valence-electron chi connectivity index (χ4n) is 3.28. The zero-order chi connectivity index (χ0) is 17.5. The molecule has 0 amide bonds. The van der Waals surface area contributed by atoms with Crippen LogP contribution < -0.4 is 5.32 Å². The van der Waals surface area contributed by atoms with Gasteiger partial charge in [0, 0.05) is 12.4 Å². The number of nitrogens with one attached hydrogen (secondary N) is 1. The van der Waals surface area contributed by atoms with Crippen LogP contribution in [-0.2, 0) is 0 Å². The minimum atomic E-state index is -0.403. The number of rotatable bonds is 15. The molecule has 0 fully saturated rings. The molecule has 3 nitrogen and oxygen atoms in total. The van der Waals surface area contributed by atoms with E-state index in [-0.39, 0.29) is 6.17 Å². The molecule has 2 unspecified atom stereocenters. The molecule has 0 aromatic heterocycles. The summed E-state index contributed by atoms with van der Waals surface area (Å²) in [5.41, 5.74) is 0.